The van der Waals surface area contributed by atoms with Gasteiger partial charge < -0.3 is 5.73 Å². The van der Waals surface area contributed by atoms with Crippen LogP contribution < -0.4 is 5.73 Å². The first kappa shape index (κ1) is 11.4. The largest absolute Gasteiger partial charge is 0.325 e. The molecule has 0 spiro atoms. The number of nitrogens with two attached hydrogens (primary N) is 1. The van der Waals surface area contributed by atoms with Crippen molar-refractivity contribution in [1.29, 1.82) is 0 Å². The zero-order chi connectivity index (χ0) is 11.1. The summed E-state index contributed by atoms with van der Waals surface area (Å²) in [4.78, 5) is 2.27. The van der Waals surface area contributed by atoms with E-state index in [2.05, 4.69) is 11.8 Å². The first-order valence-electron chi connectivity index (χ1n) is 5.68. The number of hydrogen-bond acceptors (Lipinski definition) is 4. The van der Waals surface area contributed by atoms with Crippen LogP contribution in [0.2, 0.25) is 0 Å². The zero-order valence-electron chi connectivity index (χ0n) is 9.22. The van der Waals surface area contributed by atoms with Gasteiger partial charge in [-0.3, -0.25) is 4.90 Å². The van der Waals surface area contributed by atoms with Gasteiger partial charge in [-0.1, -0.05) is 6.92 Å². The molecule has 2 aliphatic heterocycles. The Morgan fingerprint density at radius 2 is 1.80 bits per heavy atom. The summed E-state index contributed by atoms with van der Waals surface area (Å²) in [5.41, 5.74) is 5.90. The Hall–Kier alpha value is -0.130. The molecule has 88 valence electrons. The van der Waals surface area contributed by atoms with Gasteiger partial charge in [0.1, 0.15) is 0 Å². The molecule has 2 rings (SSSR count). The first-order valence-corrected chi connectivity index (χ1v) is 7.50. The van der Waals surface area contributed by atoms with Crippen LogP contribution in [0.1, 0.15) is 19.8 Å². The second kappa shape index (κ2) is 4.03. The second-order valence-corrected chi connectivity index (χ2v) is 7.18. The molecule has 15 heavy (non-hydrogen) atoms. The Balaban J connectivity index is 2.00. The van der Waals surface area contributed by atoms with E-state index in [1.807, 2.05) is 0 Å². The summed E-state index contributed by atoms with van der Waals surface area (Å²) < 4.78 is 22.9. The molecule has 2 fully saturated rings. The minimum Gasteiger partial charge on any atom is -0.325 e. The Bertz CT molecular complexity index is 320. The fraction of sp³-hybridized carbons (Fsp3) is 1.00. The summed E-state index contributed by atoms with van der Waals surface area (Å²) in [5.74, 6) is 1.21. The Labute approximate surface area is 91.7 Å². The molecule has 0 aliphatic carbocycles. The monoisotopic (exact) mass is 232 g/mol. The summed E-state index contributed by atoms with van der Waals surface area (Å²) in [6, 6.07) is -0.106. The van der Waals surface area contributed by atoms with Crippen LogP contribution in [0.4, 0.5) is 0 Å². The average Bonchev–Trinajstić information content (AvgIpc) is 2.41. The molecule has 2 unspecified atom stereocenters. The molecule has 0 aromatic heterocycles. The topological polar surface area (TPSA) is 63.4 Å². The summed E-state index contributed by atoms with van der Waals surface area (Å²) in [6.07, 6.45) is 2.34. The number of piperidine rings is 1. The Morgan fingerprint density at radius 1 is 1.20 bits per heavy atom. The van der Waals surface area contributed by atoms with Crippen molar-refractivity contribution >= 4 is 9.84 Å². The van der Waals surface area contributed by atoms with E-state index in [0.29, 0.717) is 0 Å². The highest BCUT2D eigenvalue weighted by atomic mass is 32.2. The molecule has 4 nitrogen and oxygen atoms in total. The van der Waals surface area contributed by atoms with Crippen LogP contribution in [0.3, 0.4) is 0 Å². The molecule has 0 radical (unpaired) electrons. The van der Waals surface area contributed by atoms with Gasteiger partial charge in [0.2, 0.25) is 0 Å². The van der Waals surface area contributed by atoms with E-state index < -0.39 is 9.84 Å². The number of sulfone groups is 1. The fourth-order valence-corrected chi connectivity index (χ4v) is 4.52. The van der Waals surface area contributed by atoms with Gasteiger partial charge >= 0.3 is 0 Å². The molecule has 2 atom stereocenters. The molecule has 0 aromatic rings. The van der Waals surface area contributed by atoms with E-state index in [1.165, 1.54) is 12.8 Å². The van der Waals surface area contributed by atoms with Gasteiger partial charge in [0, 0.05) is 12.1 Å². The number of hydrogen-bond donors (Lipinski definition) is 1. The minimum absolute atomic E-state index is 0.0718. The lowest BCUT2D eigenvalue weighted by Crippen LogP contribution is -2.49. The Morgan fingerprint density at radius 3 is 2.27 bits per heavy atom. The van der Waals surface area contributed by atoms with Crippen LogP contribution in [-0.2, 0) is 9.84 Å². The number of rotatable bonds is 1. The van der Waals surface area contributed by atoms with Crippen LogP contribution >= 0.6 is 0 Å². The molecule has 0 saturated carbocycles. The maximum absolute atomic E-state index is 11.5. The van der Waals surface area contributed by atoms with Crippen LogP contribution in [0.15, 0.2) is 0 Å². The highest BCUT2D eigenvalue weighted by molar-refractivity contribution is 7.91. The standard InChI is InChI=1S/C10H20N2O2S/c1-8-2-4-12(5-3-8)10-7-15(13,14)6-9(10)11/h8-10H,2-7,11H2,1H3. The molecule has 5 heteroatoms. The summed E-state index contributed by atoms with van der Waals surface area (Å²) in [6.45, 7) is 4.27. The predicted molar refractivity (Wildman–Crippen MR) is 60.4 cm³/mol. The average molecular weight is 232 g/mol. The number of likely N-dealkylation sites (tertiary alicyclic amines) is 1. The Kier molecular flexibility index (Phi) is 3.05. The molecule has 2 heterocycles. The second-order valence-electron chi connectivity index (χ2n) is 5.03. The zero-order valence-corrected chi connectivity index (χ0v) is 10.0. The third-order valence-electron chi connectivity index (χ3n) is 3.65. The quantitative estimate of drug-likeness (QED) is 0.682. The van der Waals surface area contributed by atoms with Crippen LogP contribution in [0.5, 0.6) is 0 Å². The third-order valence-corrected chi connectivity index (χ3v) is 5.39. The molecular weight excluding hydrogens is 212 g/mol. The minimum atomic E-state index is -2.87. The smallest absolute Gasteiger partial charge is 0.153 e. The highest BCUT2D eigenvalue weighted by Crippen LogP contribution is 2.23. The van der Waals surface area contributed by atoms with Gasteiger partial charge in [-0.25, -0.2) is 8.42 Å². The summed E-state index contributed by atoms with van der Waals surface area (Å²) in [5, 5.41) is 0. The lowest BCUT2D eigenvalue weighted by molar-refractivity contribution is 0.140. The summed E-state index contributed by atoms with van der Waals surface area (Å²) in [7, 11) is -2.87. The van der Waals surface area contributed by atoms with Gasteiger partial charge in [-0.15, -0.1) is 0 Å². The van der Waals surface area contributed by atoms with Gasteiger partial charge in [0.05, 0.1) is 11.5 Å². The van der Waals surface area contributed by atoms with Crippen molar-refractivity contribution in [2.45, 2.75) is 31.8 Å². The van der Waals surface area contributed by atoms with Gasteiger partial charge in [-0.05, 0) is 31.8 Å². The fourth-order valence-electron chi connectivity index (χ4n) is 2.59. The van der Waals surface area contributed by atoms with E-state index in [-0.39, 0.29) is 23.6 Å². The van der Waals surface area contributed by atoms with Crippen molar-refractivity contribution in [1.82, 2.24) is 4.90 Å². The van der Waals surface area contributed by atoms with Gasteiger partial charge in [0.15, 0.2) is 9.84 Å². The van der Waals surface area contributed by atoms with Crippen LogP contribution in [-0.4, -0.2) is 50.0 Å². The van der Waals surface area contributed by atoms with E-state index in [0.717, 1.165) is 19.0 Å². The molecule has 2 aliphatic rings. The summed E-state index contributed by atoms with van der Waals surface area (Å²) >= 11 is 0. The molecule has 2 saturated heterocycles. The molecule has 2 N–H and O–H groups in total. The molecular formula is C10H20N2O2S. The van der Waals surface area contributed by atoms with Crippen molar-refractivity contribution in [2.24, 2.45) is 11.7 Å². The number of nitrogens with zero attached hydrogens (tertiary/aromatic N) is 1. The molecule has 0 bridgehead atoms. The van der Waals surface area contributed by atoms with Crippen molar-refractivity contribution in [3.63, 3.8) is 0 Å². The lowest BCUT2D eigenvalue weighted by Gasteiger charge is -2.35. The van der Waals surface area contributed by atoms with Crippen molar-refractivity contribution in [3.05, 3.63) is 0 Å². The SMILES string of the molecule is CC1CCN(C2CS(=O)(=O)CC2N)CC1. The van der Waals surface area contributed by atoms with Crippen molar-refractivity contribution < 1.29 is 8.42 Å². The van der Waals surface area contributed by atoms with Gasteiger partial charge in [0.25, 0.3) is 0 Å². The van der Waals surface area contributed by atoms with E-state index in [4.69, 9.17) is 5.73 Å². The highest BCUT2D eigenvalue weighted by Gasteiger charge is 2.39. The molecule has 0 amide bonds. The van der Waals surface area contributed by atoms with Crippen LogP contribution in [0, 0.1) is 5.92 Å². The predicted octanol–water partition coefficient (Wildman–Crippen LogP) is -0.157. The van der Waals surface area contributed by atoms with Crippen molar-refractivity contribution in [3.8, 4) is 0 Å². The maximum atomic E-state index is 11.5. The van der Waals surface area contributed by atoms with Crippen molar-refractivity contribution in [2.75, 3.05) is 24.6 Å². The molecule has 0 aromatic carbocycles. The third kappa shape index (κ3) is 2.52. The normalized spacial score (nSPS) is 38.3. The van der Waals surface area contributed by atoms with E-state index in [9.17, 15) is 8.42 Å². The van der Waals surface area contributed by atoms with E-state index >= 15 is 0 Å². The van der Waals surface area contributed by atoms with E-state index in [1.54, 1.807) is 0 Å². The lowest BCUT2D eigenvalue weighted by atomic mass is 9.97. The van der Waals surface area contributed by atoms with Crippen LogP contribution in [0.25, 0.3) is 0 Å². The maximum Gasteiger partial charge on any atom is 0.153 e. The first-order chi connectivity index (χ1) is 6.98. The van der Waals surface area contributed by atoms with Gasteiger partial charge in [-0.2, -0.15) is 0 Å².